The minimum atomic E-state index is -0.563. The van der Waals surface area contributed by atoms with E-state index in [1.165, 1.54) is 0 Å². The van der Waals surface area contributed by atoms with Gasteiger partial charge in [0.15, 0.2) is 16.4 Å². The molecule has 1 aromatic rings. The van der Waals surface area contributed by atoms with Crippen LogP contribution in [0.15, 0.2) is 23.1 Å². The van der Waals surface area contributed by atoms with E-state index in [4.69, 9.17) is 14.2 Å². The van der Waals surface area contributed by atoms with E-state index < -0.39 is 10.9 Å². The number of carbonyl (C=O) groups excluding carboxylic acids is 1. The Balaban J connectivity index is 2.47. The molecule has 0 spiro atoms. The van der Waals surface area contributed by atoms with Crippen molar-refractivity contribution in [1.82, 2.24) is 0 Å². The Morgan fingerprint density at radius 1 is 1.25 bits per heavy atom. The third-order valence-electron chi connectivity index (χ3n) is 3.03. The molecule has 1 aliphatic rings. The van der Waals surface area contributed by atoms with Crippen molar-refractivity contribution in [2.45, 2.75) is 18.2 Å². The number of carbonyl (C=O) groups is 1. The van der Waals surface area contributed by atoms with Gasteiger partial charge in [0.2, 0.25) is 0 Å². The van der Waals surface area contributed by atoms with Crippen molar-refractivity contribution in [3.05, 3.63) is 23.8 Å². The summed E-state index contributed by atoms with van der Waals surface area (Å²) in [5.74, 6) is 2.09. The van der Waals surface area contributed by atoms with Crippen molar-refractivity contribution < 1.29 is 19.0 Å². The second-order valence-corrected chi connectivity index (χ2v) is 6.18. The average molecular weight is 295 g/mol. The van der Waals surface area contributed by atoms with Crippen LogP contribution in [0.1, 0.15) is 18.9 Å². The van der Waals surface area contributed by atoms with Gasteiger partial charge >= 0.3 is 5.30 Å². The Kier molecular flexibility index (Phi) is 4.95. The zero-order valence-electron chi connectivity index (χ0n) is 12.0. The molecule has 0 radical (unpaired) electrons. The van der Waals surface area contributed by atoms with Crippen LogP contribution < -0.4 is 9.47 Å². The van der Waals surface area contributed by atoms with E-state index in [1.54, 1.807) is 14.2 Å². The third kappa shape index (κ3) is 2.93. The van der Waals surface area contributed by atoms with Gasteiger partial charge in [-0.05, 0) is 13.0 Å². The van der Waals surface area contributed by atoms with Gasteiger partial charge in [0.25, 0.3) is 0 Å². The van der Waals surface area contributed by atoms with Crippen LogP contribution in [0.2, 0.25) is 0 Å². The van der Waals surface area contributed by atoms with Crippen molar-refractivity contribution in [2.24, 2.45) is 0 Å². The summed E-state index contributed by atoms with van der Waals surface area (Å²) in [6, 6.07) is 3.80. The normalized spacial score (nSPS) is 17.1. The molecule has 0 bridgehead atoms. The fraction of sp³-hybridized carbons (Fsp3) is 0.400. The van der Waals surface area contributed by atoms with Crippen LogP contribution in [0.5, 0.6) is 11.5 Å². The maximum atomic E-state index is 12.2. The zero-order valence-corrected chi connectivity index (χ0v) is 12.8. The maximum absolute atomic E-state index is 12.2. The van der Waals surface area contributed by atoms with Crippen LogP contribution >= 0.6 is 0 Å². The van der Waals surface area contributed by atoms with Crippen molar-refractivity contribution in [3.8, 4) is 11.5 Å². The lowest BCUT2D eigenvalue weighted by molar-refractivity contribution is 0.180. The molecule has 1 unspecified atom stereocenters. The highest BCUT2D eigenvalue weighted by atomic mass is 32.2. The van der Waals surface area contributed by atoms with Crippen LogP contribution in [-0.4, -0.2) is 31.9 Å². The molecule has 2 rings (SSSR count). The summed E-state index contributed by atoms with van der Waals surface area (Å²) in [6.07, 6.45) is 4.97. The average Bonchev–Trinajstić information content (AvgIpc) is 2.67. The SMILES string of the molecule is CCOC(=O)[S+]1CCC=Cc2cc(OC)c(OC)cc21. The highest BCUT2D eigenvalue weighted by Crippen LogP contribution is 2.36. The first-order valence-corrected chi connectivity index (χ1v) is 7.90. The number of hydrogen-bond acceptors (Lipinski definition) is 4. The van der Waals surface area contributed by atoms with E-state index >= 15 is 0 Å². The minimum Gasteiger partial charge on any atom is -0.493 e. The van der Waals surface area contributed by atoms with Gasteiger partial charge < -0.3 is 14.2 Å². The fourth-order valence-corrected chi connectivity index (χ4v) is 3.95. The molecular weight excluding hydrogens is 276 g/mol. The molecule has 4 nitrogen and oxygen atoms in total. The minimum absolute atomic E-state index is 0.148. The van der Waals surface area contributed by atoms with Crippen LogP contribution in [0.25, 0.3) is 6.08 Å². The molecule has 1 heterocycles. The molecule has 1 atom stereocenters. The Labute approximate surface area is 122 Å². The molecule has 5 heteroatoms. The summed E-state index contributed by atoms with van der Waals surface area (Å²) in [4.78, 5) is 13.1. The smallest absolute Gasteiger partial charge is 0.493 e. The second kappa shape index (κ2) is 6.70. The zero-order chi connectivity index (χ0) is 14.5. The van der Waals surface area contributed by atoms with Gasteiger partial charge in [-0.2, -0.15) is 4.79 Å². The monoisotopic (exact) mass is 295 g/mol. The van der Waals surface area contributed by atoms with E-state index in [0.29, 0.717) is 18.1 Å². The van der Waals surface area contributed by atoms with Gasteiger partial charge in [0, 0.05) is 18.1 Å². The van der Waals surface area contributed by atoms with Crippen molar-refractivity contribution in [2.75, 3.05) is 26.6 Å². The number of fused-ring (bicyclic) bond motifs is 1. The molecule has 0 N–H and O–H groups in total. The van der Waals surface area contributed by atoms with Gasteiger partial charge in [-0.3, -0.25) is 0 Å². The highest BCUT2D eigenvalue weighted by Gasteiger charge is 2.37. The molecule has 20 heavy (non-hydrogen) atoms. The standard InChI is InChI=1S/C15H19O4S/c1-4-19-15(16)20-8-6-5-7-11-9-12(17-2)13(18-3)10-14(11)20/h5,7,9-10H,4,6,8H2,1-3H3/q+1. The number of ether oxygens (including phenoxy) is 3. The third-order valence-corrected chi connectivity index (χ3v) is 5.08. The Hall–Kier alpha value is -1.62. The first-order chi connectivity index (χ1) is 9.71. The summed E-state index contributed by atoms with van der Waals surface area (Å²) in [7, 11) is 2.64. The number of rotatable bonds is 3. The van der Waals surface area contributed by atoms with E-state index in [1.807, 2.05) is 25.1 Å². The van der Waals surface area contributed by atoms with Crippen LogP contribution in [-0.2, 0) is 15.6 Å². The van der Waals surface area contributed by atoms with E-state index in [2.05, 4.69) is 6.08 Å². The Bertz CT molecular complexity index is 525. The van der Waals surface area contributed by atoms with Crippen molar-refractivity contribution in [1.29, 1.82) is 0 Å². The largest absolute Gasteiger partial charge is 0.531 e. The summed E-state index contributed by atoms with van der Waals surface area (Å²) < 4.78 is 15.8. The first-order valence-electron chi connectivity index (χ1n) is 6.51. The van der Waals surface area contributed by atoms with Crippen molar-refractivity contribution >= 4 is 22.3 Å². The molecule has 0 fully saturated rings. The lowest BCUT2D eigenvalue weighted by Gasteiger charge is -2.11. The maximum Gasteiger partial charge on any atom is 0.531 e. The number of hydrogen-bond donors (Lipinski definition) is 0. The lowest BCUT2D eigenvalue weighted by Crippen LogP contribution is -2.21. The summed E-state index contributed by atoms with van der Waals surface area (Å²) >= 11 is 0. The molecule has 1 aromatic carbocycles. The van der Waals surface area contributed by atoms with Gasteiger partial charge in [-0.25, -0.2) is 0 Å². The quantitative estimate of drug-likeness (QED) is 0.634. The van der Waals surface area contributed by atoms with E-state index in [0.717, 1.165) is 22.6 Å². The van der Waals surface area contributed by atoms with Gasteiger partial charge in [-0.15, -0.1) is 0 Å². The van der Waals surface area contributed by atoms with Gasteiger partial charge in [0.05, 0.1) is 20.8 Å². The highest BCUT2D eigenvalue weighted by molar-refractivity contribution is 8.10. The lowest BCUT2D eigenvalue weighted by atomic mass is 10.2. The van der Waals surface area contributed by atoms with Crippen LogP contribution in [0.3, 0.4) is 0 Å². The van der Waals surface area contributed by atoms with E-state index in [-0.39, 0.29) is 5.30 Å². The van der Waals surface area contributed by atoms with Crippen LogP contribution in [0, 0.1) is 0 Å². The molecular formula is C15H19O4S+. The molecule has 0 aliphatic carbocycles. The number of benzene rings is 1. The summed E-state index contributed by atoms with van der Waals surface area (Å²) in [5.41, 5.74) is 0.997. The molecule has 108 valence electrons. The predicted molar refractivity (Wildman–Crippen MR) is 80.7 cm³/mol. The molecule has 0 saturated heterocycles. The summed E-state index contributed by atoms with van der Waals surface area (Å²) in [5, 5.41) is -0.148. The number of methoxy groups -OCH3 is 2. The molecule has 0 aromatic heterocycles. The van der Waals surface area contributed by atoms with E-state index in [9.17, 15) is 4.79 Å². The molecule has 0 saturated carbocycles. The number of allylic oxidation sites excluding steroid dienone is 1. The second-order valence-electron chi connectivity index (χ2n) is 4.21. The van der Waals surface area contributed by atoms with Crippen LogP contribution in [0.4, 0.5) is 4.79 Å². The van der Waals surface area contributed by atoms with Crippen molar-refractivity contribution in [3.63, 3.8) is 0 Å². The van der Waals surface area contributed by atoms with Gasteiger partial charge in [-0.1, -0.05) is 12.2 Å². The molecule has 1 aliphatic heterocycles. The summed E-state index contributed by atoms with van der Waals surface area (Å²) in [6.45, 7) is 2.23. The van der Waals surface area contributed by atoms with Gasteiger partial charge in [0.1, 0.15) is 16.6 Å². The Morgan fingerprint density at radius 2 is 1.95 bits per heavy atom. The predicted octanol–water partition coefficient (Wildman–Crippen LogP) is 3.25. The first kappa shape index (κ1) is 14.8. The topological polar surface area (TPSA) is 44.8 Å². The Morgan fingerprint density at radius 3 is 2.60 bits per heavy atom. The fourth-order valence-electron chi connectivity index (χ4n) is 2.09. The molecule has 0 amide bonds.